The van der Waals surface area contributed by atoms with Crippen LogP contribution in [0, 0.1) is 6.92 Å². The second kappa shape index (κ2) is 7.09. The van der Waals surface area contributed by atoms with Crippen molar-refractivity contribution >= 4 is 29.1 Å². The van der Waals surface area contributed by atoms with Gasteiger partial charge in [-0.2, -0.15) is 0 Å². The van der Waals surface area contributed by atoms with Gasteiger partial charge in [0.15, 0.2) is 5.78 Å². The third-order valence-electron chi connectivity index (χ3n) is 2.91. The third-order valence-corrected chi connectivity index (χ3v) is 3.91. The van der Waals surface area contributed by atoms with Gasteiger partial charge in [0.25, 0.3) is 0 Å². The number of carbonyl (C=O) groups excluding carboxylic acids is 2. The first-order chi connectivity index (χ1) is 10.0. The predicted molar refractivity (Wildman–Crippen MR) is 87.0 cm³/mol. The minimum absolute atomic E-state index is 0.0293. The molecule has 108 valence electrons. The van der Waals surface area contributed by atoms with E-state index in [1.54, 1.807) is 6.07 Å². The summed E-state index contributed by atoms with van der Waals surface area (Å²) >= 11 is 1.42. The average Bonchev–Trinajstić information content (AvgIpc) is 2.45. The molecule has 0 aromatic heterocycles. The summed E-state index contributed by atoms with van der Waals surface area (Å²) in [7, 11) is 0. The van der Waals surface area contributed by atoms with Gasteiger partial charge in [-0.15, -0.1) is 11.8 Å². The first-order valence-electron chi connectivity index (χ1n) is 6.65. The van der Waals surface area contributed by atoms with Crippen LogP contribution in [-0.4, -0.2) is 17.4 Å². The number of anilines is 1. The molecule has 2 rings (SSSR count). The lowest BCUT2D eigenvalue weighted by Crippen LogP contribution is -2.14. The van der Waals surface area contributed by atoms with Crippen LogP contribution in [0.4, 0.5) is 5.69 Å². The highest BCUT2D eigenvalue weighted by molar-refractivity contribution is 8.00. The minimum atomic E-state index is -0.0566. The molecule has 0 saturated heterocycles. The predicted octanol–water partition coefficient (Wildman–Crippen LogP) is 3.93. The summed E-state index contributed by atoms with van der Waals surface area (Å²) in [6, 6.07) is 15.0. The molecule has 0 unspecified atom stereocenters. The van der Waals surface area contributed by atoms with Crippen molar-refractivity contribution in [3.8, 4) is 0 Å². The summed E-state index contributed by atoms with van der Waals surface area (Å²) in [6.45, 7) is 3.52. The Labute approximate surface area is 128 Å². The molecular formula is C17H17NO2S. The Morgan fingerprint density at radius 2 is 1.86 bits per heavy atom. The van der Waals surface area contributed by atoms with E-state index in [0.717, 1.165) is 16.1 Å². The van der Waals surface area contributed by atoms with Gasteiger partial charge in [0.2, 0.25) is 5.91 Å². The fourth-order valence-electron chi connectivity index (χ4n) is 1.87. The molecule has 0 bridgehead atoms. The molecule has 0 heterocycles. The van der Waals surface area contributed by atoms with Gasteiger partial charge in [-0.3, -0.25) is 9.59 Å². The molecule has 0 atom stereocenters. The maximum atomic E-state index is 11.9. The molecule has 0 aliphatic rings. The summed E-state index contributed by atoms with van der Waals surface area (Å²) in [4.78, 5) is 24.2. The summed E-state index contributed by atoms with van der Waals surface area (Å²) in [5.41, 5.74) is 2.58. The summed E-state index contributed by atoms with van der Waals surface area (Å²) in [6.07, 6.45) is 0. The lowest BCUT2D eigenvalue weighted by atomic mass is 10.2. The second-order valence-electron chi connectivity index (χ2n) is 4.79. The van der Waals surface area contributed by atoms with E-state index in [1.165, 1.54) is 18.7 Å². The number of amides is 1. The van der Waals surface area contributed by atoms with Gasteiger partial charge >= 0.3 is 0 Å². The third kappa shape index (κ3) is 4.76. The van der Waals surface area contributed by atoms with E-state index in [9.17, 15) is 9.59 Å². The normalized spacial score (nSPS) is 10.2. The molecule has 3 nitrogen and oxygen atoms in total. The van der Waals surface area contributed by atoms with Crippen LogP contribution in [0.25, 0.3) is 0 Å². The monoisotopic (exact) mass is 299 g/mol. The van der Waals surface area contributed by atoms with Crippen LogP contribution < -0.4 is 5.32 Å². The molecule has 1 N–H and O–H groups in total. The molecule has 2 aromatic rings. The fourth-order valence-corrected chi connectivity index (χ4v) is 2.63. The Bertz CT molecular complexity index is 667. The molecule has 0 saturated carbocycles. The van der Waals surface area contributed by atoms with E-state index >= 15 is 0 Å². The zero-order valence-corrected chi connectivity index (χ0v) is 12.9. The molecule has 2 aromatic carbocycles. The average molecular weight is 299 g/mol. The van der Waals surface area contributed by atoms with E-state index in [4.69, 9.17) is 0 Å². The van der Waals surface area contributed by atoms with Gasteiger partial charge in [0.1, 0.15) is 0 Å². The smallest absolute Gasteiger partial charge is 0.234 e. The molecule has 0 aliphatic heterocycles. The SMILES string of the molecule is CC(=O)c1cccc(SCC(=O)Nc2cccc(C)c2)c1. The maximum Gasteiger partial charge on any atom is 0.234 e. The van der Waals surface area contributed by atoms with Gasteiger partial charge in [0.05, 0.1) is 5.75 Å². The Morgan fingerprint density at radius 1 is 1.10 bits per heavy atom. The molecule has 0 fully saturated rings. The number of Topliss-reactive ketones (excluding diaryl/α,β-unsaturated/α-hetero) is 1. The van der Waals surface area contributed by atoms with Crippen molar-refractivity contribution in [2.24, 2.45) is 0 Å². The highest BCUT2D eigenvalue weighted by Crippen LogP contribution is 2.20. The van der Waals surface area contributed by atoms with E-state index in [1.807, 2.05) is 49.4 Å². The lowest BCUT2D eigenvalue weighted by molar-refractivity contribution is -0.113. The minimum Gasteiger partial charge on any atom is -0.325 e. The Kier molecular flexibility index (Phi) is 5.17. The number of rotatable bonds is 5. The fraction of sp³-hybridized carbons (Fsp3) is 0.176. The zero-order valence-electron chi connectivity index (χ0n) is 12.1. The maximum absolute atomic E-state index is 11.9. The van der Waals surface area contributed by atoms with Crippen molar-refractivity contribution in [1.82, 2.24) is 0 Å². The van der Waals surface area contributed by atoms with E-state index < -0.39 is 0 Å². The van der Waals surface area contributed by atoms with Crippen LogP contribution in [-0.2, 0) is 4.79 Å². The highest BCUT2D eigenvalue weighted by atomic mass is 32.2. The van der Waals surface area contributed by atoms with Crippen molar-refractivity contribution in [3.63, 3.8) is 0 Å². The van der Waals surface area contributed by atoms with Gasteiger partial charge in [-0.25, -0.2) is 0 Å². The Hall–Kier alpha value is -2.07. The molecular weight excluding hydrogens is 282 g/mol. The zero-order chi connectivity index (χ0) is 15.2. The van der Waals surface area contributed by atoms with Gasteiger partial charge < -0.3 is 5.32 Å². The highest BCUT2D eigenvalue weighted by Gasteiger charge is 2.05. The quantitative estimate of drug-likeness (QED) is 0.672. The van der Waals surface area contributed by atoms with Gasteiger partial charge in [0, 0.05) is 16.1 Å². The number of aryl methyl sites for hydroxylation is 1. The van der Waals surface area contributed by atoms with Crippen molar-refractivity contribution in [1.29, 1.82) is 0 Å². The second-order valence-corrected chi connectivity index (χ2v) is 5.84. The van der Waals surface area contributed by atoms with Gasteiger partial charge in [-0.1, -0.05) is 24.3 Å². The number of thioether (sulfide) groups is 1. The van der Waals surface area contributed by atoms with Crippen LogP contribution >= 0.6 is 11.8 Å². The first-order valence-corrected chi connectivity index (χ1v) is 7.63. The van der Waals surface area contributed by atoms with E-state index in [2.05, 4.69) is 5.32 Å². The number of carbonyl (C=O) groups is 2. The van der Waals surface area contributed by atoms with Crippen molar-refractivity contribution in [2.75, 3.05) is 11.1 Å². The molecule has 0 aliphatic carbocycles. The first kappa shape index (κ1) is 15.3. The molecule has 4 heteroatoms. The van der Waals surface area contributed by atoms with Crippen molar-refractivity contribution in [3.05, 3.63) is 59.7 Å². The number of hydrogen-bond donors (Lipinski definition) is 1. The van der Waals surface area contributed by atoms with Crippen LogP contribution in [0.3, 0.4) is 0 Å². The summed E-state index contributed by atoms with van der Waals surface area (Å²) < 4.78 is 0. The van der Waals surface area contributed by atoms with Gasteiger partial charge in [-0.05, 0) is 43.7 Å². The largest absolute Gasteiger partial charge is 0.325 e. The molecule has 0 radical (unpaired) electrons. The molecule has 0 spiro atoms. The Balaban J connectivity index is 1.92. The number of hydrogen-bond acceptors (Lipinski definition) is 3. The van der Waals surface area contributed by atoms with E-state index in [-0.39, 0.29) is 11.7 Å². The standard InChI is InChI=1S/C17H17NO2S/c1-12-5-3-7-15(9-12)18-17(20)11-21-16-8-4-6-14(10-16)13(2)19/h3-10H,11H2,1-2H3,(H,18,20). The Morgan fingerprint density at radius 3 is 2.57 bits per heavy atom. The number of ketones is 1. The van der Waals surface area contributed by atoms with Crippen LogP contribution in [0.1, 0.15) is 22.8 Å². The lowest BCUT2D eigenvalue weighted by Gasteiger charge is -2.06. The molecule has 21 heavy (non-hydrogen) atoms. The topological polar surface area (TPSA) is 46.2 Å². The van der Waals surface area contributed by atoms with Crippen LogP contribution in [0.5, 0.6) is 0 Å². The number of benzene rings is 2. The molecule has 1 amide bonds. The summed E-state index contributed by atoms with van der Waals surface area (Å²) in [5, 5.41) is 2.86. The van der Waals surface area contributed by atoms with Crippen LogP contribution in [0.15, 0.2) is 53.4 Å². The number of nitrogens with one attached hydrogen (secondary N) is 1. The summed E-state index contributed by atoms with van der Waals surface area (Å²) in [5.74, 6) is 0.287. The van der Waals surface area contributed by atoms with E-state index in [0.29, 0.717) is 11.3 Å². The van der Waals surface area contributed by atoms with Crippen molar-refractivity contribution in [2.45, 2.75) is 18.7 Å². The van der Waals surface area contributed by atoms with Crippen LogP contribution in [0.2, 0.25) is 0 Å². The van der Waals surface area contributed by atoms with Crippen molar-refractivity contribution < 1.29 is 9.59 Å².